The van der Waals surface area contributed by atoms with Crippen LogP contribution in [-0.4, -0.2) is 25.9 Å². The number of carbonyl (C=O) groups excluding carboxylic acids is 1. The van der Waals surface area contributed by atoms with E-state index in [1.54, 1.807) is 37.3 Å². The first-order valence-corrected chi connectivity index (χ1v) is 9.14. The van der Waals surface area contributed by atoms with E-state index in [2.05, 4.69) is 0 Å². The summed E-state index contributed by atoms with van der Waals surface area (Å²) in [5, 5.41) is 10.2. The van der Waals surface area contributed by atoms with Crippen LogP contribution in [0.4, 0.5) is 0 Å². The number of ketones is 1. The summed E-state index contributed by atoms with van der Waals surface area (Å²) in [4.78, 5) is 12.3. The molecule has 1 atom stereocenters. The van der Waals surface area contributed by atoms with Gasteiger partial charge in [-0.25, -0.2) is 8.42 Å². The van der Waals surface area contributed by atoms with Gasteiger partial charge in [-0.15, -0.1) is 0 Å². The Morgan fingerprint density at radius 2 is 1.87 bits per heavy atom. The second-order valence-corrected chi connectivity index (χ2v) is 7.27. The van der Waals surface area contributed by atoms with Gasteiger partial charge in [-0.2, -0.15) is 0 Å². The summed E-state index contributed by atoms with van der Waals surface area (Å²) in [6, 6.07) is 12.1. The third kappa shape index (κ3) is 4.10. The third-order valence-corrected chi connectivity index (χ3v) is 4.51. The van der Waals surface area contributed by atoms with Gasteiger partial charge in [0.15, 0.2) is 5.78 Å². The SMILES string of the molecule is CCOc1ccc(S(=O)(=O)Cl)cc1C(=O)C(O)c1ccccc1. The molecule has 122 valence electrons. The fourth-order valence-electron chi connectivity index (χ4n) is 2.07. The lowest BCUT2D eigenvalue weighted by Gasteiger charge is -2.14. The zero-order valence-electron chi connectivity index (χ0n) is 12.3. The summed E-state index contributed by atoms with van der Waals surface area (Å²) >= 11 is 0. The van der Waals surface area contributed by atoms with Crippen LogP contribution in [0.15, 0.2) is 53.4 Å². The van der Waals surface area contributed by atoms with Crippen molar-refractivity contribution >= 4 is 25.5 Å². The van der Waals surface area contributed by atoms with Crippen molar-refractivity contribution in [1.29, 1.82) is 0 Å². The van der Waals surface area contributed by atoms with Gasteiger partial charge in [-0.05, 0) is 30.7 Å². The monoisotopic (exact) mass is 354 g/mol. The summed E-state index contributed by atoms with van der Waals surface area (Å²) < 4.78 is 28.3. The second kappa shape index (κ2) is 7.12. The van der Waals surface area contributed by atoms with Crippen LogP contribution in [0.3, 0.4) is 0 Å². The molecule has 0 aromatic heterocycles. The minimum absolute atomic E-state index is 0.0371. The van der Waals surface area contributed by atoms with E-state index < -0.39 is 20.9 Å². The van der Waals surface area contributed by atoms with Crippen molar-refractivity contribution < 1.29 is 23.1 Å². The van der Waals surface area contributed by atoms with Crippen molar-refractivity contribution in [2.45, 2.75) is 17.9 Å². The molecule has 0 aliphatic heterocycles. The van der Waals surface area contributed by atoms with Gasteiger partial charge < -0.3 is 9.84 Å². The molecule has 0 spiro atoms. The van der Waals surface area contributed by atoms with Gasteiger partial charge in [0.1, 0.15) is 11.9 Å². The number of hydrogen-bond acceptors (Lipinski definition) is 5. The molecule has 0 aliphatic rings. The highest BCUT2D eigenvalue weighted by Gasteiger charge is 2.24. The fraction of sp³-hybridized carbons (Fsp3) is 0.188. The van der Waals surface area contributed by atoms with Crippen molar-refractivity contribution in [3.63, 3.8) is 0 Å². The summed E-state index contributed by atoms with van der Waals surface area (Å²) in [5.41, 5.74) is 0.365. The minimum Gasteiger partial charge on any atom is -0.493 e. The van der Waals surface area contributed by atoms with Crippen LogP contribution >= 0.6 is 10.7 Å². The maximum absolute atomic E-state index is 12.6. The lowest BCUT2D eigenvalue weighted by atomic mass is 9.99. The fourth-order valence-corrected chi connectivity index (χ4v) is 2.85. The Hall–Kier alpha value is -1.89. The number of hydrogen-bond donors (Lipinski definition) is 1. The number of carbonyl (C=O) groups is 1. The van der Waals surface area contributed by atoms with Crippen LogP contribution in [0.1, 0.15) is 28.9 Å². The van der Waals surface area contributed by atoms with E-state index in [0.29, 0.717) is 5.56 Å². The summed E-state index contributed by atoms with van der Waals surface area (Å²) in [6.45, 7) is 2.02. The maximum Gasteiger partial charge on any atom is 0.261 e. The number of ether oxygens (including phenoxy) is 1. The number of Topliss-reactive ketones (excluding diaryl/α,β-unsaturated/α-hetero) is 1. The van der Waals surface area contributed by atoms with Crippen LogP contribution in [-0.2, 0) is 9.05 Å². The Balaban J connectivity index is 2.48. The van der Waals surface area contributed by atoms with Gasteiger partial charge >= 0.3 is 0 Å². The number of halogens is 1. The molecule has 1 N–H and O–H groups in total. The molecule has 0 fully saturated rings. The van der Waals surface area contributed by atoms with E-state index in [-0.39, 0.29) is 22.8 Å². The molecular weight excluding hydrogens is 340 g/mol. The van der Waals surface area contributed by atoms with Crippen LogP contribution < -0.4 is 4.74 Å². The van der Waals surface area contributed by atoms with E-state index in [4.69, 9.17) is 15.4 Å². The molecule has 0 aliphatic carbocycles. The van der Waals surface area contributed by atoms with Gasteiger partial charge in [0.05, 0.1) is 17.1 Å². The molecule has 5 nitrogen and oxygen atoms in total. The van der Waals surface area contributed by atoms with Crippen LogP contribution in [0, 0.1) is 0 Å². The average Bonchev–Trinajstić information content (AvgIpc) is 2.54. The number of aliphatic hydroxyl groups excluding tert-OH is 1. The first-order chi connectivity index (χ1) is 10.8. The smallest absolute Gasteiger partial charge is 0.261 e. The topological polar surface area (TPSA) is 80.7 Å². The quantitative estimate of drug-likeness (QED) is 0.637. The van der Waals surface area contributed by atoms with Crippen molar-refractivity contribution in [2.24, 2.45) is 0 Å². The van der Waals surface area contributed by atoms with Crippen molar-refractivity contribution in [3.05, 3.63) is 59.7 Å². The van der Waals surface area contributed by atoms with E-state index in [1.165, 1.54) is 12.1 Å². The van der Waals surface area contributed by atoms with Crippen LogP contribution in [0.2, 0.25) is 0 Å². The molecule has 0 radical (unpaired) electrons. The molecular formula is C16H15ClO5S. The zero-order chi connectivity index (χ0) is 17.0. The highest BCUT2D eigenvalue weighted by molar-refractivity contribution is 8.13. The average molecular weight is 355 g/mol. The highest BCUT2D eigenvalue weighted by Crippen LogP contribution is 2.29. The number of rotatable bonds is 6. The van der Waals surface area contributed by atoms with E-state index in [1.807, 2.05) is 0 Å². The Bertz CT molecular complexity index is 802. The summed E-state index contributed by atoms with van der Waals surface area (Å²) in [6.07, 6.45) is -1.43. The van der Waals surface area contributed by atoms with Gasteiger partial charge in [0, 0.05) is 10.7 Å². The van der Waals surface area contributed by atoms with Crippen LogP contribution in [0.25, 0.3) is 0 Å². The van der Waals surface area contributed by atoms with Crippen molar-refractivity contribution in [3.8, 4) is 5.75 Å². The standard InChI is InChI=1S/C16H15ClO5S/c1-2-22-14-9-8-12(23(17,20)21)10-13(14)16(19)15(18)11-6-4-3-5-7-11/h3-10,15,18H,2H2,1H3. The predicted octanol–water partition coefficient (Wildman–Crippen LogP) is 2.93. The summed E-state index contributed by atoms with van der Waals surface area (Å²) in [7, 11) is 1.32. The molecule has 0 heterocycles. The molecule has 0 saturated heterocycles. The molecule has 0 amide bonds. The first-order valence-electron chi connectivity index (χ1n) is 6.83. The second-order valence-electron chi connectivity index (χ2n) is 4.71. The number of benzene rings is 2. The highest BCUT2D eigenvalue weighted by atomic mass is 35.7. The van der Waals surface area contributed by atoms with E-state index >= 15 is 0 Å². The molecule has 7 heteroatoms. The molecule has 0 saturated carbocycles. The first kappa shape index (κ1) is 17.5. The van der Waals surface area contributed by atoms with Gasteiger partial charge in [-0.3, -0.25) is 4.79 Å². The Morgan fingerprint density at radius 1 is 1.22 bits per heavy atom. The van der Waals surface area contributed by atoms with Crippen molar-refractivity contribution in [1.82, 2.24) is 0 Å². The molecule has 1 unspecified atom stereocenters. The van der Waals surface area contributed by atoms with E-state index in [9.17, 15) is 18.3 Å². The molecule has 2 aromatic rings. The Morgan fingerprint density at radius 3 is 2.43 bits per heavy atom. The minimum atomic E-state index is -4.00. The normalized spacial score (nSPS) is 12.7. The molecule has 0 bridgehead atoms. The van der Waals surface area contributed by atoms with Gasteiger partial charge in [-0.1, -0.05) is 30.3 Å². The maximum atomic E-state index is 12.6. The largest absolute Gasteiger partial charge is 0.493 e. The van der Waals surface area contributed by atoms with Gasteiger partial charge in [0.2, 0.25) is 0 Å². The molecule has 23 heavy (non-hydrogen) atoms. The Labute approximate surface area is 138 Å². The van der Waals surface area contributed by atoms with Gasteiger partial charge in [0.25, 0.3) is 9.05 Å². The summed E-state index contributed by atoms with van der Waals surface area (Å²) in [5.74, 6) is -0.474. The lowest BCUT2D eigenvalue weighted by molar-refractivity contribution is 0.0743. The van der Waals surface area contributed by atoms with Crippen molar-refractivity contribution in [2.75, 3.05) is 6.61 Å². The van der Waals surface area contributed by atoms with Crippen LogP contribution in [0.5, 0.6) is 5.75 Å². The zero-order valence-corrected chi connectivity index (χ0v) is 13.8. The number of aliphatic hydroxyl groups is 1. The lowest BCUT2D eigenvalue weighted by Crippen LogP contribution is -2.14. The Kier molecular flexibility index (Phi) is 5.41. The predicted molar refractivity (Wildman–Crippen MR) is 86.4 cm³/mol. The van der Waals surface area contributed by atoms with E-state index in [0.717, 1.165) is 6.07 Å². The third-order valence-electron chi connectivity index (χ3n) is 3.16. The molecule has 2 rings (SSSR count). The molecule has 2 aromatic carbocycles.